The fraction of sp³-hybridized carbons (Fsp3) is 0.565. The average molecular weight is 416 g/mol. The van der Waals surface area contributed by atoms with Gasteiger partial charge in [0.1, 0.15) is 0 Å². The first-order chi connectivity index (χ1) is 13.7. The summed E-state index contributed by atoms with van der Waals surface area (Å²) in [6.07, 6.45) is 7.29. The number of anilines is 1. The predicted molar refractivity (Wildman–Crippen MR) is 116 cm³/mol. The first-order valence-corrected chi connectivity index (χ1v) is 10.8. The van der Waals surface area contributed by atoms with E-state index in [1.54, 1.807) is 4.90 Å². The number of para-hydroxylation sites is 1. The molecule has 4 atom stereocenters. The van der Waals surface area contributed by atoms with E-state index in [9.17, 15) is 9.59 Å². The van der Waals surface area contributed by atoms with Gasteiger partial charge >= 0.3 is 0 Å². The second-order valence-corrected chi connectivity index (χ2v) is 8.70. The maximum absolute atomic E-state index is 12.7. The van der Waals surface area contributed by atoms with Crippen molar-refractivity contribution in [2.75, 3.05) is 44.2 Å². The van der Waals surface area contributed by atoms with Crippen molar-refractivity contribution in [3.8, 4) is 0 Å². The zero-order valence-corrected chi connectivity index (χ0v) is 17.6. The highest BCUT2D eigenvalue weighted by molar-refractivity contribution is 6.06. The van der Waals surface area contributed by atoms with Gasteiger partial charge in [0.05, 0.1) is 11.8 Å². The number of allylic oxidation sites excluding steroid dienone is 2. The molecule has 6 heteroatoms. The minimum atomic E-state index is -0.0476. The van der Waals surface area contributed by atoms with Crippen LogP contribution in [-0.4, -0.2) is 60.9 Å². The van der Waals surface area contributed by atoms with Gasteiger partial charge < -0.3 is 4.90 Å². The topological polar surface area (TPSA) is 43.9 Å². The standard InChI is InChI=1S/C23H29N3O2.ClH/c27-22-20-17-8-9-18(16-17)21(20)23(28)26(22)11-5-4-10-24-12-14-25(15-13-24)19-6-2-1-3-7-19;/h1-3,6-9,17-18,20-21H,4-5,10-16H2;1H/t17-,18+,20-,21+;. The Labute approximate surface area is 179 Å². The van der Waals surface area contributed by atoms with Crippen LogP contribution < -0.4 is 4.90 Å². The summed E-state index contributed by atoms with van der Waals surface area (Å²) in [4.78, 5) is 31.9. The van der Waals surface area contributed by atoms with E-state index < -0.39 is 0 Å². The van der Waals surface area contributed by atoms with Gasteiger partial charge in [-0.2, -0.15) is 0 Å². The predicted octanol–water partition coefficient (Wildman–Crippen LogP) is 2.82. The van der Waals surface area contributed by atoms with Crippen molar-refractivity contribution >= 4 is 29.9 Å². The van der Waals surface area contributed by atoms with E-state index >= 15 is 0 Å². The number of fused-ring (bicyclic) bond motifs is 5. The van der Waals surface area contributed by atoms with Crippen molar-refractivity contribution in [2.24, 2.45) is 23.7 Å². The van der Waals surface area contributed by atoms with Gasteiger partial charge in [-0.25, -0.2) is 0 Å². The minimum Gasteiger partial charge on any atom is -0.369 e. The largest absolute Gasteiger partial charge is 0.369 e. The first kappa shape index (κ1) is 20.4. The molecule has 0 radical (unpaired) electrons. The number of likely N-dealkylation sites (tertiary alicyclic amines) is 1. The number of piperazine rings is 1. The van der Waals surface area contributed by atoms with E-state index in [1.165, 1.54) is 5.69 Å². The quantitative estimate of drug-likeness (QED) is 0.407. The third kappa shape index (κ3) is 3.71. The molecule has 1 aromatic carbocycles. The summed E-state index contributed by atoms with van der Waals surface area (Å²) >= 11 is 0. The molecule has 2 amide bonds. The number of rotatable bonds is 6. The third-order valence-corrected chi connectivity index (χ3v) is 7.16. The minimum absolute atomic E-state index is 0. The zero-order valence-electron chi connectivity index (χ0n) is 16.8. The van der Waals surface area contributed by atoms with Crippen molar-refractivity contribution in [2.45, 2.75) is 19.3 Å². The zero-order chi connectivity index (χ0) is 19.1. The smallest absolute Gasteiger partial charge is 0.233 e. The number of amides is 2. The lowest BCUT2D eigenvalue weighted by Crippen LogP contribution is -2.46. The number of unbranched alkanes of at least 4 members (excludes halogenated alkanes) is 1. The third-order valence-electron chi connectivity index (χ3n) is 7.16. The Morgan fingerprint density at radius 3 is 2.00 bits per heavy atom. The molecule has 2 saturated heterocycles. The van der Waals surface area contributed by atoms with E-state index in [2.05, 4.69) is 52.3 Å². The van der Waals surface area contributed by atoms with Crippen LogP contribution in [0.3, 0.4) is 0 Å². The highest BCUT2D eigenvalue weighted by Gasteiger charge is 2.58. The van der Waals surface area contributed by atoms with Crippen molar-refractivity contribution < 1.29 is 9.59 Å². The number of imide groups is 1. The maximum Gasteiger partial charge on any atom is 0.233 e. The molecule has 2 bridgehead atoms. The van der Waals surface area contributed by atoms with Crippen molar-refractivity contribution in [3.05, 3.63) is 42.5 Å². The lowest BCUT2D eigenvalue weighted by Gasteiger charge is -2.36. The van der Waals surface area contributed by atoms with Crippen LogP contribution in [0.2, 0.25) is 0 Å². The molecular formula is C23H30ClN3O2. The summed E-state index contributed by atoms with van der Waals surface area (Å²) < 4.78 is 0. The van der Waals surface area contributed by atoms with Crippen molar-refractivity contribution in [3.63, 3.8) is 0 Å². The molecule has 0 N–H and O–H groups in total. The Bertz CT molecular complexity index is 746. The molecule has 2 aliphatic carbocycles. The van der Waals surface area contributed by atoms with Crippen LogP contribution >= 0.6 is 12.4 Å². The fourth-order valence-corrected chi connectivity index (χ4v) is 5.66. The Morgan fingerprint density at radius 1 is 0.793 bits per heavy atom. The van der Waals surface area contributed by atoms with E-state index in [1.807, 2.05) is 0 Å². The summed E-state index contributed by atoms with van der Waals surface area (Å²) in [7, 11) is 0. The highest BCUT2D eigenvalue weighted by Crippen LogP contribution is 2.52. The van der Waals surface area contributed by atoms with Gasteiger partial charge in [-0.15, -0.1) is 12.4 Å². The number of benzene rings is 1. The monoisotopic (exact) mass is 415 g/mol. The van der Waals surface area contributed by atoms with Crippen LogP contribution in [0.5, 0.6) is 0 Å². The number of hydrogen-bond donors (Lipinski definition) is 0. The second kappa shape index (κ2) is 8.49. The summed E-state index contributed by atoms with van der Waals surface area (Å²) in [6, 6.07) is 10.6. The normalized spacial score (nSPS) is 30.8. The summed E-state index contributed by atoms with van der Waals surface area (Å²) in [6.45, 7) is 5.94. The van der Waals surface area contributed by atoms with Gasteiger partial charge in [0.15, 0.2) is 0 Å². The summed E-state index contributed by atoms with van der Waals surface area (Å²) in [5.41, 5.74) is 1.31. The molecule has 156 valence electrons. The molecule has 4 aliphatic rings. The molecule has 0 spiro atoms. The number of hydrogen-bond acceptors (Lipinski definition) is 4. The van der Waals surface area contributed by atoms with Gasteiger partial charge in [0, 0.05) is 38.4 Å². The number of halogens is 1. The Kier molecular flexibility index (Phi) is 5.98. The van der Waals surface area contributed by atoms with Crippen molar-refractivity contribution in [1.29, 1.82) is 0 Å². The van der Waals surface area contributed by atoms with Crippen LogP contribution in [0.25, 0.3) is 0 Å². The van der Waals surface area contributed by atoms with Gasteiger partial charge in [-0.3, -0.25) is 19.4 Å². The number of carbonyl (C=O) groups is 2. The first-order valence-electron chi connectivity index (χ1n) is 10.8. The van der Waals surface area contributed by atoms with E-state index in [0.29, 0.717) is 18.4 Å². The SMILES string of the molecule is Cl.O=C1[C@@H]2[C@H](C(=O)N1CCCCN1CCN(c3ccccc3)CC1)[C@@H]1C=C[C@H]2C1. The second-order valence-electron chi connectivity index (χ2n) is 8.70. The number of nitrogens with zero attached hydrogens (tertiary/aromatic N) is 3. The lowest BCUT2D eigenvalue weighted by atomic mass is 9.85. The number of carbonyl (C=O) groups excluding carboxylic acids is 2. The average Bonchev–Trinajstić information content (AvgIpc) is 3.41. The molecule has 5 nitrogen and oxygen atoms in total. The molecular weight excluding hydrogens is 386 g/mol. The Balaban J connectivity index is 0.00000205. The molecule has 3 fully saturated rings. The molecule has 0 aromatic heterocycles. The van der Waals surface area contributed by atoms with Gasteiger partial charge in [0.2, 0.25) is 11.8 Å². The van der Waals surface area contributed by atoms with Gasteiger partial charge in [-0.1, -0.05) is 30.4 Å². The fourth-order valence-electron chi connectivity index (χ4n) is 5.66. The summed E-state index contributed by atoms with van der Waals surface area (Å²) in [5.74, 6) is 0.739. The molecule has 5 rings (SSSR count). The van der Waals surface area contributed by atoms with Crippen LogP contribution in [0.1, 0.15) is 19.3 Å². The maximum atomic E-state index is 12.7. The van der Waals surface area contributed by atoms with E-state index in [0.717, 1.165) is 52.0 Å². The molecule has 1 saturated carbocycles. The molecule has 2 aliphatic heterocycles. The van der Waals surface area contributed by atoms with Gasteiger partial charge in [-0.05, 0) is 49.8 Å². The van der Waals surface area contributed by atoms with Crippen LogP contribution in [0.4, 0.5) is 5.69 Å². The molecule has 2 heterocycles. The Morgan fingerprint density at radius 2 is 1.38 bits per heavy atom. The van der Waals surface area contributed by atoms with Crippen LogP contribution in [0, 0.1) is 23.7 Å². The van der Waals surface area contributed by atoms with Crippen LogP contribution in [0.15, 0.2) is 42.5 Å². The molecule has 0 unspecified atom stereocenters. The summed E-state index contributed by atoms with van der Waals surface area (Å²) in [5, 5.41) is 0. The van der Waals surface area contributed by atoms with Crippen molar-refractivity contribution in [1.82, 2.24) is 9.80 Å². The highest BCUT2D eigenvalue weighted by atomic mass is 35.5. The molecule has 1 aromatic rings. The van der Waals surface area contributed by atoms with E-state index in [4.69, 9.17) is 0 Å². The Hall–Kier alpha value is -1.85. The molecule has 29 heavy (non-hydrogen) atoms. The lowest BCUT2D eigenvalue weighted by molar-refractivity contribution is -0.140. The van der Waals surface area contributed by atoms with Gasteiger partial charge in [0.25, 0.3) is 0 Å². The van der Waals surface area contributed by atoms with E-state index in [-0.39, 0.29) is 36.1 Å². The van der Waals surface area contributed by atoms with Crippen LogP contribution in [-0.2, 0) is 9.59 Å².